The molecule has 1 amide bonds. The summed E-state index contributed by atoms with van der Waals surface area (Å²) in [6, 6.07) is 4.29. The Labute approximate surface area is 207 Å². The van der Waals surface area contributed by atoms with Crippen molar-refractivity contribution in [3.8, 4) is 5.82 Å². The molecule has 2 N–H and O–H groups in total. The fourth-order valence-electron chi connectivity index (χ4n) is 4.54. The third-order valence-electron chi connectivity index (χ3n) is 6.36. The van der Waals surface area contributed by atoms with Crippen LogP contribution in [0.2, 0.25) is 0 Å². The van der Waals surface area contributed by atoms with Crippen LogP contribution in [0.1, 0.15) is 49.9 Å². The molecule has 4 rings (SSSR count). The molecule has 2 aliphatic rings. The van der Waals surface area contributed by atoms with Gasteiger partial charge in [-0.2, -0.15) is 0 Å². The molecule has 1 aliphatic carbocycles. The quantitative estimate of drug-likeness (QED) is 0.339. The number of carbonyl (C=O) groups excluding carboxylic acids is 1. The van der Waals surface area contributed by atoms with E-state index >= 15 is 0 Å². The highest BCUT2D eigenvalue weighted by Gasteiger charge is 2.31. The predicted molar refractivity (Wildman–Crippen MR) is 136 cm³/mol. The van der Waals surface area contributed by atoms with E-state index < -0.39 is 0 Å². The minimum Gasteiger partial charge on any atom is -0.352 e. The van der Waals surface area contributed by atoms with Crippen LogP contribution in [0, 0.1) is 12.8 Å². The molecule has 1 unspecified atom stereocenters. The molecule has 0 aromatic carbocycles. The van der Waals surface area contributed by atoms with Gasteiger partial charge in [0, 0.05) is 57.2 Å². The molecule has 8 nitrogen and oxygen atoms in total. The van der Waals surface area contributed by atoms with Crippen molar-refractivity contribution in [2.45, 2.75) is 58.0 Å². The molecule has 1 atom stereocenters. The maximum absolute atomic E-state index is 12.8. The monoisotopic (exact) mass is 551 g/mol. The second kappa shape index (κ2) is 11.6. The molecule has 0 radical (unpaired) electrons. The van der Waals surface area contributed by atoms with Crippen molar-refractivity contribution in [3.05, 3.63) is 42.1 Å². The number of hydrogen-bond donors (Lipinski definition) is 2. The minimum atomic E-state index is 0. The van der Waals surface area contributed by atoms with Crippen LogP contribution in [0.25, 0.3) is 5.82 Å². The fourth-order valence-corrected chi connectivity index (χ4v) is 4.54. The van der Waals surface area contributed by atoms with Crippen molar-refractivity contribution in [1.82, 2.24) is 30.1 Å². The highest BCUT2D eigenvalue weighted by Crippen LogP contribution is 2.26. The Morgan fingerprint density at radius 3 is 2.66 bits per heavy atom. The first-order valence-electron chi connectivity index (χ1n) is 11.4. The number of pyridine rings is 1. The molecule has 2 aromatic heterocycles. The zero-order chi connectivity index (χ0) is 21.6. The normalized spacial score (nSPS) is 19.5. The predicted octanol–water partition coefficient (Wildman–Crippen LogP) is 3.04. The average molecular weight is 551 g/mol. The van der Waals surface area contributed by atoms with Gasteiger partial charge in [-0.1, -0.05) is 25.3 Å². The van der Waals surface area contributed by atoms with Gasteiger partial charge in [-0.25, -0.2) is 9.97 Å². The zero-order valence-corrected chi connectivity index (χ0v) is 21.3. The Morgan fingerprint density at radius 1 is 1.19 bits per heavy atom. The molecule has 174 valence electrons. The Morgan fingerprint density at radius 2 is 2.00 bits per heavy atom. The number of likely N-dealkylation sites (tertiary alicyclic amines) is 1. The second-order valence-electron chi connectivity index (χ2n) is 8.54. The largest absolute Gasteiger partial charge is 0.352 e. The summed E-state index contributed by atoms with van der Waals surface area (Å²) in [4.78, 5) is 28.0. The molecule has 9 heteroatoms. The summed E-state index contributed by atoms with van der Waals surface area (Å²) in [5.74, 6) is 3.12. The topological polar surface area (TPSA) is 87.4 Å². The lowest BCUT2D eigenvalue weighted by atomic mass is 9.88. The number of aliphatic imine (C=N–C) groups is 1. The van der Waals surface area contributed by atoms with E-state index in [1.54, 1.807) is 13.2 Å². The molecular formula is C23H34IN7O. The number of amides is 1. The summed E-state index contributed by atoms with van der Waals surface area (Å²) in [6.07, 6.45) is 12.3. The van der Waals surface area contributed by atoms with Crippen LogP contribution in [0.15, 0.2) is 35.7 Å². The number of guanidine groups is 1. The molecule has 1 saturated heterocycles. The number of halogens is 1. The highest BCUT2D eigenvalue weighted by molar-refractivity contribution is 14.0. The van der Waals surface area contributed by atoms with Crippen molar-refractivity contribution >= 4 is 35.8 Å². The lowest BCUT2D eigenvalue weighted by Crippen LogP contribution is -2.45. The Kier molecular flexibility index (Phi) is 8.89. The van der Waals surface area contributed by atoms with Crippen molar-refractivity contribution in [3.63, 3.8) is 0 Å². The first kappa shape index (κ1) is 24.5. The van der Waals surface area contributed by atoms with Gasteiger partial charge in [0.2, 0.25) is 5.91 Å². The van der Waals surface area contributed by atoms with Gasteiger partial charge in [0.05, 0.1) is 0 Å². The first-order chi connectivity index (χ1) is 15.1. The molecule has 0 bridgehead atoms. The van der Waals surface area contributed by atoms with Gasteiger partial charge >= 0.3 is 0 Å². The zero-order valence-electron chi connectivity index (χ0n) is 19.0. The Bertz CT molecular complexity index is 905. The highest BCUT2D eigenvalue weighted by atomic mass is 127. The van der Waals surface area contributed by atoms with Gasteiger partial charge in [-0.15, -0.1) is 24.0 Å². The van der Waals surface area contributed by atoms with Gasteiger partial charge < -0.3 is 15.5 Å². The lowest BCUT2D eigenvalue weighted by Gasteiger charge is -2.26. The van der Waals surface area contributed by atoms with Crippen molar-refractivity contribution in [2.75, 3.05) is 20.1 Å². The summed E-state index contributed by atoms with van der Waals surface area (Å²) >= 11 is 0. The second-order valence-corrected chi connectivity index (χ2v) is 8.54. The summed E-state index contributed by atoms with van der Waals surface area (Å²) in [7, 11) is 1.78. The van der Waals surface area contributed by atoms with Crippen LogP contribution in [0.3, 0.4) is 0 Å². The number of aryl methyl sites for hydroxylation is 1. The van der Waals surface area contributed by atoms with Crippen molar-refractivity contribution in [2.24, 2.45) is 10.9 Å². The SMILES string of the molecule is CN=C(NCc1ccc(-n2ccnc2C)nc1)NC1CCN(C(=O)C2CCCCC2)C1.I. The van der Waals surface area contributed by atoms with Crippen LogP contribution in [-0.4, -0.2) is 57.5 Å². The van der Waals surface area contributed by atoms with Crippen molar-refractivity contribution in [1.29, 1.82) is 0 Å². The third-order valence-corrected chi connectivity index (χ3v) is 6.36. The Hall–Kier alpha value is -2.17. The van der Waals surface area contributed by atoms with Crippen LogP contribution in [0.5, 0.6) is 0 Å². The van der Waals surface area contributed by atoms with Gasteiger partial charge in [0.25, 0.3) is 0 Å². The van der Waals surface area contributed by atoms with Gasteiger partial charge in [-0.3, -0.25) is 14.4 Å². The molecule has 32 heavy (non-hydrogen) atoms. The first-order valence-corrected chi connectivity index (χ1v) is 11.4. The van der Waals surface area contributed by atoms with Gasteiger partial charge in [0.1, 0.15) is 11.6 Å². The summed E-state index contributed by atoms with van der Waals surface area (Å²) in [5.41, 5.74) is 1.07. The van der Waals surface area contributed by atoms with E-state index in [4.69, 9.17) is 0 Å². The number of hydrogen-bond acceptors (Lipinski definition) is 4. The molecule has 0 spiro atoms. The maximum atomic E-state index is 12.8. The fraction of sp³-hybridized carbons (Fsp3) is 0.565. The summed E-state index contributed by atoms with van der Waals surface area (Å²) in [6.45, 7) is 4.19. The van der Waals surface area contributed by atoms with Crippen molar-refractivity contribution < 1.29 is 4.79 Å². The average Bonchev–Trinajstić information content (AvgIpc) is 3.46. The molecule has 2 fully saturated rings. The van der Waals surface area contributed by atoms with Crippen LogP contribution in [-0.2, 0) is 11.3 Å². The van der Waals surface area contributed by atoms with E-state index in [1.807, 2.05) is 34.9 Å². The van der Waals surface area contributed by atoms with E-state index in [0.29, 0.717) is 12.5 Å². The minimum absolute atomic E-state index is 0. The van der Waals surface area contributed by atoms with E-state index in [1.165, 1.54) is 19.3 Å². The number of imidazole rings is 1. The standard InChI is InChI=1S/C23H33N7O.HI/c1-17-25-11-13-30(17)21-9-8-18(14-26-21)15-27-23(24-2)28-20-10-12-29(16-20)22(31)19-6-4-3-5-7-19;/h8-9,11,13-14,19-20H,3-7,10,12,15-16H2,1-2H3,(H2,24,27,28);1H. The number of aromatic nitrogens is 3. The Balaban J connectivity index is 0.00000289. The number of nitrogens with one attached hydrogen (secondary N) is 2. The molecule has 2 aromatic rings. The summed E-state index contributed by atoms with van der Waals surface area (Å²) < 4.78 is 1.96. The van der Waals surface area contributed by atoms with E-state index in [0.717, 1.165) is 55.5 Å². The molecule has 3 heterocycles. The van der Waals surface area contributed by atoms with Gasteiger partial charge in [-0.05, 0) is 37.8 Å². The maximum Gasteiger partial charge on any atom is 0.225 e. The van der Waals surface area contributed by atoms with E-state index in [9.17, 15) is 4.79 Å². The van der Waals surface area contributed by atoms with Gasteiger partial charge in [0.15, 0.2) is 5.96 Å². The molecule has 1 saturated carbocycles. The molecule has 1 aliphatic heterocycles. The van der Waals surface area contributed by atoms with Crippen LogP contribution < -0.4 is 10.6 Å². The number of rotatable bonds is 5. The summed E-state index contributed by atoms with van der Waals surface area (Å²) in [5, 5.41) is 6.84. The smallest absolute Gasteiger partial charge is 0.225 e. The molecular weight excluding hydrogens is 517 g/mol. The van der Waals surface area contributed by atoms with Crippen LogP contribution in [0.4, 0.5) is 0 Å². The third kappa shape index (κ3) is 5.99. The number of carbonyl (C=O) groups is 1. The van der Waals surface area contributed by atoms with E-state index in [-0.39, 0.29) is 35.9 Å². The number of nitrogens with zero attached hydrogens (tertiary/aromatic N) is 5. The lowest BCUT2D eigenvalue weighted by molar-refractivity contribution is -0.135. The van der Waals surface area contributed by atoms with Crippen LogP contribution >= 0.6 is 24.0 Å². The van der Waals surface area contributed by atoms with E-state index in [2.05, 4.69) is 31.7 Å².